The van der Waals surface area contributed by atoms with Gasteiger partial charge in [0.05, 0.1) is 17.6 Å². The lowest BCUT2D eigenvalue weighted by atomic mass is 10.3. The van der Waals surface area contributed by atoms with Gasteiger partial charge >= 0.3 is 0 Å². The second kappa shape index (κ2) is 5.50. The van der Waals surface area contributed by atoms with Gasteiger partial charge in [0.15, 0.2) is 5.16 Å². The number of benzene rings is 1. The standard InChI is InChI=1S/C11H14N2OS2/c1-2-14-8-3-4-9-10(7-8)13-11(12-9)16-6-5-15/h3-4,7,15H,2,5-6H2,1H3,(H,12,13). The highest BCUT2D eigenvalue weighted by molar-refractivity contribution is 7.99. The summed E-state index contributed by atoms with van der Waals surface area (Å²) in [5.41, 5.74) is 2.00. The fourth-order valence-corrected chi connectivity index (χ4v) is 2.34. The molecule has 1 aromatic carbocycles. The van der Waals surface area contributed by atoms with Gasteiger partial charge in [0.2, 0.25) is 0 Å². The van der Waals surface area contributed by atoms with Crippen molar-refractivity contribution < 1.29 is 4.74 Å². The van der Waals surface area contributed by atoms with Crippen LogP contribution in [0.15, 0.2) is 23.4 Å². The zero-order valence-electron chi connectivity index (χ0n) is 9.06. The molecular formula is C11H14N2OS2. The summed E-state index contributed by atoms with van der Waals surface area (Å²) in [6.45, 7) is 2.66. The fraction of sp³-hybridized carbons (Fsp3) is 0.364. The molecular weight excluding hydrogens is 240 g/mol. The van der Waals surface area contributed by atoms with Gasteiger partial charge in [0, 0.05) is 11.8 Å². The zero-order valence-corrected chi connectivity index (χ0v) is 10.8. The molecule has 0 unspecified atom stereocenters. The van der Waals surface area contributed by atoms with Crippen molar-refractivity contribution in [3.05, 3.63) is 18.2 Å². The Morgan fingerprint density at radius 1 is 1.50 bits per heavy atom. The van der Waals surface area contributed by atoms with E-state index in [1.807, 2.05) is 25.1 Å². The third-order valence-electron chi connectivity index (χ3n) is 2.07. The lowest BCUT2D eigenvalue weighted by Crippen LogP contribution is -1.90. The maximum Gasteiger partial charge on any atom is 0.166 e. The maximum atomic E-state index is 5.44. The summed E-state index contributed by atoms with van der Waals surface area (Å²) in [6.07, 6.45) is 0. The summed E-state index contributed by atoms with van der Waals surface area (Å²) >= 11 is 5.86. The summed E-state index contributed by atoms with van der Waals surface area (Å²) in [6, 6.07) is 5.90. The first-order valence-corrected chi connectivity index (χ1v) is 6.81. The molecule has 16 heavy (non-hydrogen) atoms. The largest absolute Gasteiger partial charge is 0.494 e. The molecule has 0 bridgehead atoms. The molecule has 0 saturated carbocycles. The van der Waals surface area contributed by atoms with Gasteiger partial charge in [0.25, 0.3) is 0 Å². The van der Waals surface area contributed by atoms with Crippen LogP contribution < -0.4 is 4.74 Å². The Labute approximate surface area is 104 Å². The summed E-state index contributed by atoms with van der Waals surface area (Å²) in [5.74, 6) is 2.69. The fourth-order valence-electron chi connectivity index (χ4n) is 1.43. The van der Waals surface area contributed by atoms with Crippen LogP contribution in [0.5, 0.6) is 5.75 Å². The van der Waals surface area contributed by atoms with Gasteiger partial charge in [-0.05, 0) is 24.8 Å². The van der Waals surface area contributed by atoms with Crippen LogP contribution in [0.4, 0.5) is 0 Å². The highest BCUT2D eigenvalue weighted by Crippen LogP contribution is 2.23. The minimum Gasteiger partial charge on any atom is -0.494 e. The monoisotopic (exact) mass is 254 g/mol. The third-order valence-corrected chi connectivity index (χ3v) is 3.47. The van der Waals surface area contributed by atoms with E-state index in [4.69, 9.17) is 4.74 Å². The highest BCUT2D eigenvalue weighted by atomic mass is 32.2. The first-order chi connectivity index (χ1) is 7.83. The Morgan fingerprint density at radius 2 is 2.38 bits per heavy atom. The number of imidazole rings is 1. The molecule has 0 aliphatic rings. The van der Waals surface area contributed by atoms with Crippen LogP contribution in [0.1, 0.15) is 6.92 Å². The predicted octanol–water partition coefficient (Wildman–Crippen LogP) is 2.98. The Kier molecular flexibility index (Phi) is 4.01. The van der Waals surface area contributed by atoms with Crippen molar-refractivity contribution in [2.75, 3.05) is 18.1 Å². The lowest BCUT2D eigenvalue weighted by molar-refractivity contribution is 0.340. The molecule has 0 radical (unpaired) electrons. The summed E-state index contributed by atoms with van der Waals surface area (Å²) < 4.78 is 5.44. The van der Waals surface area contributed by atoms with Crippen LogP contribution in [-0.4, -0.2) is 28.1 Å². The van der Waals surface area contributed by atoms with Crippen LogP contribution in [0.2, 0.25) is 0 Å². The van der Waals surface area contributed by atoms with E-state index in [-0.39, 0.29) is 0 Å². The number of H-pyrrole nitrogens is 1. The average Bonchev–Trinajstić information content (AvgIpc) is 2.68. The van der Waals surface area contributed by atoms with Gasteiger partial charge in [0.1, 0.15) is 5.75 Å². The molecule has 0 aliphatic heterocycles. The molecule has 3 nitrogen and oxygen atoms in total. The molecule has 0 amide bonds. The number of nitrogens with one attached hydrogen (secondary N) is 1. The number of rotatable bonds is 5. The summed E-state index contributed by atoms with van der Waals surface area (Å²) in [7, 11) is 0. The summed E-state index contributed by atoms with van der Waals surface area (Å²) in [4.78, 5) is 7.74. The maximum absolute atomic E-state index is 5.44. The molecule has 2 rings (SSSR count). The quantitative estimate of drug-likeness (QED) is 0.636. The summed E-state index contributed by atoms with van der Waals surface area (Å²) in [5, 5.41) is 0.942. The average molecular weight is 254 g/mol. The Hall–Kier alpha value is -0.810. The van der Waals surface area contributed by atoms with E-state index in [1.54, 1.807) is 11.8 Å². The third kappa shape index (κ3) is 2.65. The predicted molar refractivity (Wildman–Crippen MR) is 71.8 cm³/mol. The molecule has 5 heteroatoms. The van der Waals surface area contributed by atoms with Crippen LogP contribution in [0.3, 0.4) is 0 Å². The second-order valence-corrected chi connectivity index (χ2v) is 4.76. The van der Waals surface area contributed by atoms with Gasteiger partial charge < -0.3 is 9.72 Å². The Bertz CT molecular complexity index is 470. The number of ether oxygens (including phenoxy) is 1. The van der Waals surface area contributed by atoms with E-state index >= 15 is 0 Å². The van der Waals surface area contributed by atoms with Crippen molar-refractivity contribution >= 4 is 35.4 Å². The van der Waals surface area contributed by atoms with Crippen molar-refractivity contribution in [3.8, 4) is 5.75 Å². The number of hydrogen-bond donors (Lipinski definition) is 2. The number of nitrogens with zero attached hydrogens (tertiary/aromatic N) is 1. The molecule has 0 fully saturated rings. The topological polar surface area (TPSA) is 37.9 Å². The number of aromatic nitrogens is 2. The number of thiol groups is 1. The molecule has 1 N–H and O–H groups in total. The molecule has 0 spiro atoms. The molecule has 0 saturated heterocycles. The van der Waals surface area contributed by atoms with Crippen molar-refractivity contribution in [1.29, 1.82) is 0 Å². The lowest BCUT2D eigenvalue weighted by Gasteiger charge is -2.00. The van der Waals surface area contributed by atoms with E-state index in [0.717, 1.165) is 33.4 Å². The first kappa shape index (κ1) is 11.7. The number of fused-ring (bicyclic) bond motifs is 1. The number of hydrogen-bond acceptors (Lipinski definition) is 4. The van der Waals surface area contributed by atoms with E-state index in [1.165, 1.54) is 0 Å². The molecule has 1 aromatic heterocycles. The Balaban J connectivity index is 2.23. The highest BCUT2D eigenvalue weighted by Gasteiger charge is 2.04. The minimum absolute atomic E-state index is 0.681. The van der Waals surface area contributed by atoms with Crippen molar-refractivity contribution in [1.82, 2.24) is 9.97 Å². The van der Waals surface area contributed by atoms with Crippen LogP contribution >= 0.6 is 24.4 Å². The SMILES string of the molecule is CCOc1ccc2nc(SCCS)[nH]c2c1. The van der Waals surface area contributed by atoms with Gasteiger partial charge in [-0.25, -0.2) is 4.98 Å². The van der Waals surface area contributed by atoms with Crippen LogP contribution in [0, 0.1) is 0 Å². The molecule has 1 heterocycles. The molecule has 86 valence electrons. The Morgan fingerprint density at radius 3 is 3.12 bits per heavy atom. The number of thioether (sulfide) groups is 1. The van der Waals surface area contributed by atoms with Crippen LogP contribution in [-0.2, 0) is 0 Å². The van der Waals surface area contributed by atoms with E-state index in [2.05, 4.69) is 22.6 Å². The van der Waals surface area contributed by atoms with Crippen molar-refractivity contribution in [3.63, 3.8) is 0 Å². The van der Waals surface area contributed by atoms with E-state index < -0.39 is 0 Å². The minimum atomic E-state index is 0.681. The van der Waals surface area contributed by atoms with Gasteiger partial charge in [-0.1, -0.05) is 11.8 Å². The van der Waals surface area contributed by atoms with Crippen molar-refractivity contribution in [2.24, 2.45) is 0 Å². The normalized spacial score (nSPS) is 10.9. The van der Waals surface area contributed by atoms with Gasteiger partial charge in [-0.3, -0.25) is 0 Å². The van der Waals surface area contributed by atoms with Crippen molar-refractivity contribution in [2.45, 2.75) is 12.1 Å². The first-order valence-electron chi connectivity index (χ1n) is 5.19. The second-order valence-electron chi connectivity index (χ2n) is 3.23. The zero-order chi connectivity index (χ0) is 11.4. The molecule has 2 aromatic rings. The van der Waals surface area contributed by atoms with E-state index in [0.29, 0.717) is 6.61 Å². The van der Waals surface area contributed by atoms with Crippen LogP contribution in [0.25, 0.3) is 11.0 Å². The van der Waals surface area contributed by atoms with Gasteiger partial charge in [-0.15, -0.1) is 0 Å². The smallest absolute Gasteiger partial charge is 0.166 e. The van der Waals surface area contributed by atoms with Gasteiger partial charge in [-0.2, -0.15) is 12.6 Å². The number of aromatic amines is 1. The van der Waals surface area contributed by atoms with E-state index in [9.17, 15) is 0 Å². The molecule has 0 aliphatic carbocycles. The molecule has 0 atom stereocenters.